The van der Waals surface area contributed by atoms with Crippen molar-refractivity contribution in [2.45, 2.75) is 6.54 Å². The third-order valence-corrected chi connectivity index (χ3v) is 4.21. The van der Waals surface area contributed by atoms with Gasteiger partial charge in [-0.3, -0.25) is 4.79 Å². The van der Waals surface area contributed by atoms with Gasteiger partial charge in [0.1, 0.15) is 11.5 Å². The smallest absolute Gasteiger partial charge is 0.260 e. The lowest BCUT2D eigenvalue weighted by molar-refractivity contribution is -0.132. The molecule has 122 valence electrons. The summed E-state index contributed by atoms with van der Waals surface area (Å²) in [5.41, 5.74) is 0.852. The van der Waals surface area contributed by atoms with Crippen molar-refractivity contribution < 1.29 is 14.3 Å². The molecule has 2 aromatic carbocycles. The molecule has 4 nitrogen and oxygen atoms in total. The Bertz CT molecular complexity index is 676. The molecule has 0 aliphatic carbocycles. The van der Waals surface area contributed by atoms with Gasteiger partial charge in [0.2, 0.25) is 0 Å². The van der Waals surface area contributed by atoms with E-state index in [0.29, 0.717) is 23.1 Å². The molecular formula is C17H17ClINO3. The van der Waals surface area contributed by atoms with Gasteiger partial charge in [-0.15, -0.1) is 0 Å². The predicted molar refractivity (Wildman–Crippen MR) is 99.1 cm³/mol. The fraction of sp³-hybridized carbons (Fsp3) is 0.235. The van der Waals surface area contributed by atoms with Crippen LogP contribution in [-0.2, 0) is 11.3 Å². The molecule has 0 heterocycles. The summed E-state index contributed by atoms with van der Waals surface area (Å²) in [6.45, 7) is 0.387. The fourth-order valence-electron chi connectivity index (χ4n) is 2.00. The van der Waals surface area contributed by atoms with E-state index < -0.39 is 0 Å². The van der Waals surface area contributed by atoms with Crippen LogP contribution in [0, 0.1) is 3.57 Å². The number of halogens is 2. The molecule has 0 radical (unpaired) electrons. The summed E-state index contributed by atoms with van der Waals surface area (Å²) in [6, 6.07) is 12.9. The van der Waals surface area contributed by atoms with Crippen LogP contribution in [0.4, 0.5) is 0 Å². The Kier molecular flexibility index (Phi) is 6.53. The van der Waals surface area contributed by atoms with Crippen LogP contribution >= 0.6 is 34.2 Å². The van der Waals surface area contributed by atoms with Crippen LogP contribution in [0.3, 0.4) is 0 Å². The average Bonchev–Trinajstić information content (AvgIpc) is 2.54. The molecule has 0 bridgehead atoms. The van der Waals surface area contributed by atoms with Gasteiger partial charge in [0.05, 0.1) is 7.11 Å². The third-order valence-electron chi connectivity index (χ3n) is 3.25. The minimum absolute atomic E-state index is 0.0139. The number of benzene rings is 2. The van der Waals surface area contributed by atoms with Crippen LogP contribution < -0.4 is 9.47 Å². The van der Waals surface area contributed by atoms with Crippen molar-refractivity contribution in [1.29, 1.82) is 0 Å². The Balaban J connectivity index is 1.94. The average molecular weight is 446 g/mol. The summed E-state index contributed by atoms with van der Waals surface area (Å²) in [5, 5.41) is 0.608. The Hall–Kier alpha value is -1.47. The van der Waals surface area contributed by atoms with Gasteiger partial charge in [-0.1, -0.05) is 11.6 Å². The van der Waals surface area contributed by atoms with Gasteiger partial charge in [-0.25, -0.2) is 0 Å². The van der Waals surface area contributed by atoms with Gasteiger partial charge in [0, 0.05) is 27.7 Å². The van der Waals surface area contributed by atoms with E-state index in [1.807, 2.05) is 24.3 Å². The number of nitrogens with zero attached hydrogens (tertiary/aromatic N) is 1. The molecule has 6 heteroatoms. The molecule has 0 atom stereocenters. The lowest BCUT2D eigenvalue weighted by Gasteiger charge is -2.19. The van der Waals surface area contributed by atoms with Crippen molar-refractivity contribution in [2.75, 3.05) is 20.8 Å². The molecule has 0 unspecified atom stereocenters. The quantitative estimate of drug-likeness (QED) is 0.631. The van der Waals surface area contributed by atoms with Gasteiger partial charge in [-0.2, -0.15) is 0 Å². The van der Waals surface area contributed by atoms with Gasteiger partial charge < -0.3 is 14.4 Å². The number of rotatable bonds is 6. The highest BCUT2D eigenvalue weighted by atomic mass is 127. The summed E-state index contributed by atoms with van der Waals surface area (Å²) < 4.78 is 11.9. The predicted octanol–water partition coefficient (Wildman–Crippen LogP) is 3.99. The summed E-state index contributed by atoms with van der Waals surface area (Å²) >= 11 is 8.22. The van der Waals surface area contributed by atoms with Gasteiger partial charge >= 0.3 is 0 Å². The van der Waals surface area contributed by atoms with Crippen LogP contribution in [0.5, 0.6) is 11.5 Å². The molecule has 2 aromatic rings. The standard InChI is InChI=1S/C17H17ClINO3/c1-20(10-12-9-13(18)3-8-16(12)22-2)17(21)11-23-15-6-4-14(19)5-7-15/h3-9H,10-11H2,1-2H3. The van der Waals surface area contributed by atoms with Crippen molar-refractivity contribution in [3.63, 3.8) is 0 Å². The lowest BCUT2D eigenvalue weighted by Crippen LogP contribution is -2.31. The minimum atomic E-state index is -0.120. The first-order valence-electron chi connectivity index (χ1n) is 6.94. The van der Waals surface area contributed by atoms with E-state index in [-0.39, 0.29) is 12.5 Å². The van der Waals surface area contributed by atoms with E-state index >= 15 is 0 Å². The molecule has 0 aromatic heterocycles. The minimum Gasteiger partial charge on any atom is -0.496 e. The summed E-state index contributed by atoms with van der Waals surface area (Å²) in [6.07, 6.45) is 0. The van der Waals surface area contributed by atoms with Gasteiger partial charge in [0.25, 0.3) is 5.91 Å². The number of amides is 1. The van der Waals surface area contributed by atoms with Crippen LogP contribution in [0.2, 0.25) is 5.02 Å². The largest absolute Gasteiger partial charge is 0.496 e. The normalized spacial score (nSPS) is 10.3. The van der Waals surface area contributed by atoms with E-state index in [4.69, 9.17) is 21.1 Å². The maximum atomic E-state index is 12.2. The molecule has 23 heavy (non-hydrogen) atoms. The number of carbonyl (C=O) groups excluding carboxylic acids is 1. The molecule has 1 amide bonds. The molecule has 0 fully saturated rings. The lowest BCUT2D eigenvalue weighted by atomic mass is 10.2. The number of hydrogen-bond donors (Lipinski definition) is 0. The first-order valence-corrected chi connectivity index (χ1v) is 8.40. The highest BCUT2D eigenvalue weighted by Crippen LogP contribution is 2.23. The number of methoxy groups -OCH3 is 1. The number of likely N-dealkylation sites (N-methyl/N-ethyl adjacent to an activating group) is 1. The van der Waals surface area contributed by atoms with Gasteiger partial charge in [-0.05, 0) is 65.1 Å². The Labute approximate surface area is 154 Å². The molecule has 0 aliphatic heterocycles. The second-order valence-corrected chi connectivity index (χ2v) is 6.63. The molecule has 0 aliphatic rings. The molecule has 0 N–H and O–H groups in total. The summed E-state index contributed by atoms with van der Waals surface area (Å²) in [7, 11) is 3.31. The molecular weight excluding hydrogens is 429 g/mol. The number of hydrogen-bond acceptors (Lipinski definition) is 3. The Morgan fingerprint density at radius 1 is 1.22 bits per heavy atom. The number of carbonyl (C=O) groups is 1. The molecule has 0 spiro atoms. The van der Waals surface area contributed by atoms with E-state index in [1.165, 1.54) is 0 Å². The van der Waals surface area contributed by atoms with Crippen LogP contribution in [0.15, 0.2) is 42.5 Å². The first-order chi connectivity index (χ1) is 11.0. The maximum absolute atomic E-state index is 12.2. The fourth-order valence-corrected chi connectivity index (χ4v) is 2.55. The molecule has 0 saturated carbocycles. The van der Waals surface area contributed by atoms with E-state index in [1.54, 1.807) is 37.3 Å². The topological polar surface area (TPSA) is 38.8 Å². The van der Waals surface area contributed by atoms with Gasteiger partial charge in [0.15, 0.2) is 6.61 Å². The van der Waals surface area contributed by atoms with Crippen molar-refractivity contribution in [3.8, 4) is 11.5 Å². The Morgan fingerprint density at radius 2 is 1.91 bits per heavy atom. The molecule has 0 saturated heterocycles. The second kappa shape index (κ2) is 8.40. The van der Waals surface area contributed by atoms with Crippen molar-refractivity contribution in [1.82, 2.24) is 4.90 Å². The highest BCUT2D eigenvalue weighted by Gasteiger charge is 2.13. The SMILES string of the molecule is COc1ccc(Cl)cc1CN(C)C(=O)COc1ccc(I)cc1. The van der Waals surface area contributed by atoms with Crippen molar-refractivity contribution in [3.05, 3.63) is 56.6 Å². The van der Waals surface area contributed by atoms with Crippen LogP contribution in [0.1, 0.15) is 5.56 Å². The van der Waals surface area contributed by atoms with Crippen LogP contribution in [-0.4, -0.2) is 31.6 Å². The summed E-state index contributed by atoms with van der Waals surface area (Å²) in [4.78, 5) is 13.8. The highest BCUT2D eigenvalue weighted by molar-refractivity contribution is 14.1. The summed E-state index contributed by atoms with van der Waals surface area (Å²) in [5.74, 6) is 1.26. The van der Waals surface area contributed by atoms with E-state index in [0.717, 1.165) is 9.13 Å². The van der Waals surface area contributed by atoms with Crippen molar-refractivity contribution in [2.24, 2.45) is 0 Å². The zero-order chi connectivity index (χ0) is 16.8. The zero-order valence-electron chi connectivity index (χ0n) is 12.9. The second-order valence-electron chi connectivity index (χ2n) is 4.95. The monoisotopic (exact) mass is 445 g/mol. The zero-order valence-corrected chi connectivity index (χ0v) is 15.8. The Morgan fingerprint density at radius 3 is 2.57 bits per heavy atom. The maximum Gasteiger partial charge on any atom is 0.260 e. The third kappa shape index (κ3) is 5.28. The number of ether oxygens (including phenoxy) is 2. The van der Waals surface area contributed by atoms with Crippen molar-refractivity contribution >= 4 is 40.1 Å². The van der Waals surface area contributed by atoms with E-state index in [2.05, 4.69) is 22.6 Å². The first kappa shape index (κ1) is 17.9. The molecule has 2 rings (SSSR count). The van der Waals surface area contributed by atoms with E-state index in [9.17, 15) is 4.79 Å². The van der Waals surface area contributed by atoms with Crippen LogP contribution in [0.25, 0.3) is 0 Å².